The Bertz CT molecular complexity index is 629. The first-order valence-corrected chi connectivity index (χ1v) is 10.3. The van der Waals surface area contributed by atoms with E-state index in [0.29, 0.717) is 12.3 Å². The van der Waals surface area contributed by atoms with Crippen LogP contribution in [-0.4, -0.2) is 67.2 Å². The minimum Gasteiger partial charge on any atom is -0.504 e. The number of methoxy groups -OCH3 is 1. The summed E-state index contributed by atoms with van der Waals surface area (Å²) in [5, 5.41) is 13.4. The number of hydrogen-bond donors (Lipinski definition) is 2. The Hall–Kier alpha value is -1.95. The SMILES string of the molecule is CCNC(=NCc1ccc(OC)c(O)c1)N1CCC(CN2CCCCC2)C1. The highest BCUT2D eigenvalue weighted by molar-refractivity contribution is 5.80. The third kappa shape index (κ3) is 5.51. The second-order valence-corrected chi connectivity index (χ2v) is 7.64. The van der Waals surface area contributed by atoms with Gasteiger partial charge >= 0.3 is 0 Å². The van der Waals surface area contributed by atoms with Gasteiger partial charge in [-0.25, -0.2) is 4.99 Å². The van der Waals surface area contributed by atoms with Crippen LogP contribution in [0.5, 0.6) is 11.5 Å². The van der Waals surface area contributed by atoms with Crippen LogP contribution < -0.4 is 10.1 Å². The summed E-state index contributed by atoms with van der Waals surface area (Å²) in [5.74, 6) is 2.37. The van der Waals surface area contributed by atoms with Crippen LogP contribution in [0.25, 0.3) is 0 Å². The van der Waals surface area contributed by atoms with Crippen LogP contribution in [0.3, 0.4) is 0 Å². The Balaban J connectivity index is 1.57. The molecule has 2 aliphatic heterocycles. The van der Waals surface area contributed by atoms with Gasteiger partial charge in [0.05, 0.1) is 13.7 Å². The summed E-state index contributed by atoms with van der Waals surface area (Å²) < 4.78 is 5.11. The molecule has 6 nitrogen and oxygen atoms in total. The van der Waals surface area contributed by atoms with Gasteiger partial charge in [-0.2, -0.15) is 0 Å². The first-order valence-electron chi connectivity index (χ1n) is 10.3. The molecular weight excluding hydrogens is 340 g/mol. The van der Waals surface area contributed by atoms with Gasteiger partial charge in [0, 0.05) is 26.2 Å². The van der Waals surface area contributed by atoms with Gasteiger partial charge in [0.1, 0.15) is 0 Å². The number of nitrogens with zero attached hydrogens (tertiary/aromatic N) is 3. The fourth-order valence-corrected chi connectivity index (χ4v) is 4.11. The molecule has 6 heteroatoms. The van der Waals surface area contributed by atoms with Crippen molar-refractivity contribution in [3.8, 4) is 11.5 Å². The number of ether oxygens (including phenoxy) is 1. The van der Waals surface area contributed by atoms with Gasteiger partial charge < -0.3 is 25.0 Å². The lowest BCUT2D eigenvalue weighted by Gasteiger charge is -2.29. The second kappa shape index (κ2) is 9.83. The standard InChI is InChI=1S/C21H34N4O2/c1-3-22-21(23-14-17-7-8-20(27-2)19(26)13-17)25-12-9-18(16-25)15-24-10-5-4-6-11-24/h7-8,13,18,26H,3-6,9-12,14-16H2,1-2H3,(H,22,23). The van der Waals surface area contributed by atoms with Crippen molar-refractivity contribution in [2.24, 2.45) is 10.9 Å². The average molecular weight is 375 g/mol. The van der Waals surface area contributed by atoms with Gasteiger partial charge in [-0.05, 0) is 62.9 Å². The molecule has 0 amide bonds. The van der Waals surface area contributed by atoms with Crippen molar-refractivity contribution in [1.82, 2.24) is 15.1 Å². The summed E-state index contributed by atoms with van der Waals surface area (Å²) in [6.45, 7) is 9.43. The first-order chi connectivity index (χ1) is 13.2. The lowest BCUT2D eigenvalue weighted by Crippen LogP contribution is -2.41. The van der Waals surface area contributed by atoms with E-state index >= 15 is 0 Å². The van der Waals surface area contributed by atoms with E-state index in [-0.39, 0.29) is 5.75 Å². The van der Waals surface area contributed by atoms with Crippen LogP contribution in [0.1, 0.15) is 38.2 Å². The van der Waals surface area contributed by atoms with Crippen LogP contribution in [0.4, 0.5) is 0 Å². The molecule has 1 unspecified atom stereocenters. The normalized spacial score (nSPS) is 21.5. The van der Waals surface area contributed by atoms with Gasteiger partial charge in [-0.1, -0.05) is 12.5 Å². The molecule has 0 bridgehead atoms. The van der Waals surface area contributed by atoms with E-state index in [9.17, 15) is 5.11 Å². The highest BCUT2D eigenvalue weighted by Crippen LogP contribution is 2.26. The zero-order chi connectivity index (χ0) is 19.1. The first kappa shape index (κ1) is 19.8. The number of benzene rings is 1. The number of likely N-dealkylation sites (tertiary alicyclic amines) is 2. The van der Waals surface area contributed by atoms with E-state index in [4.69, 9.17) is 9.73 Å². The topological polar surface area (TPSA) is 60.3 Å². The molecule has 1 aromatic carbocycles. The van der Waals surface area contributed by atoms with Crippen molar-refractivity contribution in [2.75, 3.05) is 46.4 Å². The van der Waals surface area contributed by atoms with E-state index in [1.165, 1.54) is 45.3 Å². The van der Waals surface area contributed by atoms with Crippen molar-refractivity contribution < 1.29 is 9.84 Å². The largest absolute Gasteiger partial charge is 0.504 e. The number of piperidine rings is 1. The predicted octanol–water partition coefficient (Wildman–Crippen LogP) is 2.67. The predicted molar refractivity (Wildman–Crippen MR) is 109 cm³/mol. The fourth-order valence-electron chi connectivity index (χ4n) is 4.11. The summed E-state index contributed by atoms with van der Waals surface area (Å²) >= 11 is 0. The number of aliphatic imine (C=N–C) groups is 1. The van der Waals surface area contributed by atoms with E-state index in [2.05, 4.69) is 22.0 Å². The monoisotopic (exact) mass is 374 g/mol. The molecule has 0 saturated carbocycles. The number of phenols is 1. The molecule has 3 rings (SSSR count). The molecule has 2 heterocycles. The minimum atomic E-state index is 0.165. The van der Waals surface area contributed by atoms with E-state index in [0.717, 1.165) is 37.1 Å². The molecule has 150 valence electrons. The maximum Gasteiger partial charge on any atom is 0.194 e. The van der Waals surface area contributed by atoms with Crippen LogP contribution in [0.2, 0.25) is 0 Å². The zero-order valence-corrected chi connectivity index (χ0v) is 16.8. The molecule has 1 atom stereocenters. The number of nitrogens with one attached hydrogen (secondary N) is 1. The molecule has 0 spiro atoms. The summed E-state index contributed by atoms with van der Waals surface area (Å²) in [6.07, 6.45) is 5.35. The highest BCUT2D eigenvalue weighted by atomic mass is 16.5. The number of guanidine groups is 1. The van der Waals surface area contributed by atoms with Crippen molar-refractivity contribution in [2.45, 2.75) is 39.2 Å². The van der Waals surface area contributed by atoms with E-state index < -0.39 is 0 Å². The highest BCUT2D eigenvalue weighted by Gasteiger charge is 2.26. The van der Waals surface area contributed by atoms with Gasteiger partial charge in [0.2, 0.25) is 0 Å². The number of aromatic hydroxyl groups is 1. The van der Waals surface area contributed by atoms with Crippen molar-refractivity contribution in [1.29, 1.82) is 0 Å². The Morgan fingerprint density at radius 3 is 2.78 bits per heavy atom. The number of rotatable bonds is 6. The maximum atomic E-state index is 9.96. The molecular formula is C21H34N4O2. The molecule has 2 aliphatic rings. The third-order valence-corrected chi connectivity index (χ3v) is 5.54. The average Bonchev–Trinajstić information content (AvgIpc) is 3.14. The van der Waals surface area contributed by atoms with Crippen LogP contribution >= 0.6 is 0 Å². The zero-order valence-electron chi connectivity index (χ0n) is 16.8. The lowest BCUT2D eigenvalue weighted by molar-refractivity contribution is 0.198. The molecule has 2 saturated heterocycles. The van der Waals surface area contributed by atoms with Crippen molar-refractivity contribution >= 4 is 5.96 Å². The molecule has 1 aromatic rings. The second-order valence-electron chi connectivity index (χ2n) is 7.64. The maximum absolute atomic E-state index is 9.96. The Kier molecular flexibility index (Phi) is 7.21. The minimum absolute atomic E-state index is 0.165. The van der Waals surface area contributed by atoms with Crippen LogP contribution in [-0.2, 0) is 6.54 Å². The molecule has 0 aromatic heterocycles. The van der Waals surface area contributed by atoms with E-state index in [1.807, 2.05) is 6.07 Å². The lowest BCUT2D eigenvalue weighted by atomic mass is 10.1. The molecule has 2 fully saturated rings. The Labute approximate surface area is 163 Å². The summed E-state index contributed by atoms with van der Waals surface area (Å²) in [5.41, 5.74) is 0.979. The number of phenolic OH excluding ortho intramolecular Hbond substituents is 1. The van der Waals surface area contributed by atoms with Gasteiger partial charge in [-0.15, -0.1) is 0 Å². The van der Waals surface area contributed by atoms with Gasteiger partial charge in [0.15, 0.2) is 17.5 Å². The van der Waals surface area contributed by atoms with Crippen LogP contribution in [0, 0.1) is 5.92 Å². The molecule has 0 aliphatic carbocycles. The Morgan fingerprint density at radius 2 is 2.07 bits per heavy atom. The fraction of sp³-hybridized carbons (Fsp3) is 0.667. The molecule has 0 radical (unpaired) electrons. The van der Waals surface area contributed by atoms with Crippen molar-refractivity contribution in [3.05, 3.63) is 23.8 Å². The Morgan fingerprint density at radius 1 is 1.26 bits per heavy atom. The van der Waals surface area contributed by atoms with Gasteiger partial charge in [-0.3, -0.25) is 0 Å². The molecule has 27 heavy (non-hydrogen) atoms. The van der Waals surface area contributed by atoms with Crippen LogP contribution in [0.15, 0.2) is 23.2 Å². The van der Waals surface area contributed by atoms with Gasteiger partial charge in [0.25, 0.3) is 0 Å². The summed E-state index contributed by atoms with van der Waals surface area (Å²) in [6, 6.07) is 5.47. The molecule has 2 N–H and O–H groups in total. The van der Waals surface area contributed by atoms with E-state index in [1.54, 1.807) is 19.2 Å². The smallest absolute Gasteiger partial charge is 0.194 e. The summed E-state index contributed by atoms with van der Waals surface area (Å²) in [4.78, 5) is 9.84. The third-order valence-electron chi connectivity index (χ3n) is 5.54. The van der Waals surface area contributed by atoms with Crippen molar-refractivity contribution in [3.63, 3.8) is 0 Å². The quantitative estimate of drug-likeness (QED) is 0.592. The number of hydrogen-bond acceptors (Lipinski definition) is 4. The summed E-state index contributed by atoms with van der Waals surface area (Å²) in [7, 11) is 1.56.